The van der Waals surface area contributed by atoms with Crippen LogP contribution in [0, 0.1) is 11.7 Å². The maximum absolute atomic E-state index is 6.02. The molecule has 0 saturated carbocycles. The van der Waals surface area contributed by atoms with E-state index >= 15 is 0 Å². The molecule has 0 fully saturated rings. The molecule has 90 valence electrons. The third-order valence-corrected chi connectivity index (χ3v) is 3.35. The van der Waals surface area contributed by atoms with E-state index < -0.39 is 0 Å². The fourth-order valence-electron chi connectivity index (χ4n) is 1.77. The quantitative estimate of drug-likeness (QED) is 0.830. The van der Waals surface area contributed by atoms with Gasteiger partial charge in [0.25, 0.3) is 0 Å². The van der Waals surface area contributed by atoms with Crippen molar-refractivity contribution in [3.63, 3.8) is 0 Å². The lowest BCUT2D eigenvalue weighted by Gasteiger charge is -2.10. The number of hydrogen-bond acceptors (Lipinski definition) is 2. The summed E-state index contributed by atoms with van der Waals surface area (Å²) in [6.07, 6.45) is 0. The maximum atomic E-state index is 6.02. The highest BCUT2D eigenvalue weighted by Gasteiger charge is 2.11. The molecular weight excluding hydrogens is 254 g/mol. The van der Waals surface area contributed by atoms with E-state index in [1.54, 1.807) is 0 Å². The van der Waals surface area contributed by atoms with Gasteiger partial charge >= 0.3 is 0 Å². The average molecular weight is 268 g/mol. The highest BCUT2D eigenvalue weighted by atomic mass is 35.5. The Balaban J connectivity index is 2.61. The topological polar surface area (TPSA) is 33.6 Å². The van der Waals surface area contributed by atoms with Crippen molar-refractivity contribution < 1.29 is 0 Å². The Labute approximate surface area is 110 Å². The van der Waals surface area contributed by atoms with E-state index in [2.05, 4.69) is 24.0 Å². The molecule has 1 heterocycles. The SMILES string of the molecule is Cc1cc(-c2n[nH]c(=S)n2C(C)C)ccc1Cl. The molecule has 17 heavy (non-hydrogen) atoms. The molecule has 0 spiro atoms. The Morgan fingerprint density at radius 2 is 2.12 bits per heavy atom. The van der Waals surface area contributed by atoms with Crippen molar-refractivity contribution in [3.05, 3.63) is 33.6 Å². The van der Waals surface area contributed by atoms with Gasteiger partial charge in [-0.05, 0) is 56.8 Å². The summed E-state index contributed by atoms with van der Waals surface area (Å²) in [6, 6.07) is 6.13. The minimum Gasteiger partial charge on any atom is -0.298 e. The number of rotatable bonds is 2. The van der Waals surface area contributed by atoms with Crippen LogP contribution in [0.5, 0.6) is 0 Å². The first-order chi connectivity index (χ1) is 8.00. The average Bonchev–Trinajstić information content (AvgIpc) is 2.64. The molecule has 1 N–H and O–H groups in total. The van der Waals surface area contributed by atoms with E-state index in [0.717, 1.165) is 22.0 Å². The van der Waals surface area contributed by atoms with Crippen molar-refractivity contribution in [3.8, 4) is 11.4 Å². The number of halogens is 1. The van der Waals surface area contributed by atoms with Gasteiger partial charge < -0.3 is 0 Å². The molecule has 0 saturated heterocycles. The summed E-state index contributed by atoms with van der Waals surface area (Å²) < 4.78 is 2.64. The first-order valence-electron chi connectivity index (χ1n) is 5.44. The van der Waals surface area contributed by atoms with Gasteiger partial charge in [-0.3, -0.25) is 9.67 Å². The molecule has 2 aromatic rings. The number of benzene rings is 1. The Bertz CT molecular complexity index is 598. The van der Waals surface area contributed by atoms with Crippen LogP contribution in [0.4, 0.5) is 0 Å². The summed E-state index contributed by atoms with van der Waals surface area (Å²) >= 11 is 11.2. The molecule has 0 amide bonds. The van der Waals surface area contributed by atoms with Crippen molar-refractivity contribution in [1.29, 1.82) is 0 Å². The summed E-state index contributed by atoms with van der Waals surface area (Å²) in [6.45, 7) is 6.14. The highest BCUT2D eigenvalue weighted by Crippen LogP contribution is 2.25. The van der Waals surface area contributed by atoms with Gasteiger partial charge in [0.05, 0.1) is 0 Å². The Kier molecular flexibility index (Phi) is 3.35. The number of aromatic nitrogens is 3. The zero-order valence-electron chi connectivity index (χ0n) is 9.99. The fraction of sp³-hybridized carbons (Fsp3) is 0.333. The predicted molar refractivity (Wildman–Crippen MR) is 73.0 cm³/mol. The Morgan fingerprint density at radius 1 is 1.41 bits per heavy atom. The van der Waals surface area contributed by atoms with Gasteiger partial charge in [-0.1, -0.05) is 11.6 Å². The summed E-state index contributed by atoms with van der Waals surface area (Å²) in [5, 5.41) is 7.88. The summed E-state index contributed by atoms with van der Waals surface area (Å²) in [7, 11) is 0. The molecule has 5 heteroatoms. The molecule has 1 aromatic carbocycles. The molecule has 0 bridgehead atoms. The predicted octanol–water partition coefficient (Wildman–Crippen LogP) is 4.15. The van der Waals surface area contributed by atoms with Gasteiger partial charge in [-0.15, -0.1) is 0 Å². The second kappa shape index (κ2) is 4.63. The van der Waals surface area contributed by atoms with Crippen LogP contribution in [-0.2, 0) is 0 Å². The van der Waals surface area contributed by atoms with Crippen LogP contribution in [0.15, 0.2) is 18.2 Å². The summed E-state index contributed by atoms with van der Waals surface area (Å²) in [5.74, 6) is 0.852. The summed E-state index contributed by atoms with van der Waals surface area (Å²) in [4.78, 5) is 0. The van der Waals surface area contributed by atoms with Crippen LogP contribution in [0.25, 0.3) is 11.4 Å². The molecule has 0 aliphatic heterocycles. The Morgan fingerprint density at radius 3 is 2.71 bits per heavy atom. The normalized spacial score (nSPS) is 11.1. The van der Waals surface area contributed by atoms with Gasteiger partial charge in [-0.2, -0.15) is 5.10 Å². The number of nitrogens with one attached hydrogen (secondary N) is 1. The van der Waals surface area contributed by atoms with Crippen LogP contribution in [-0.4, -0.2) is 14.8 Å². The van der Waals surface area contributed by atoms with Crippen molar-refractivity contribution in [1.82, 2.24) is 14.8 Å². The van der Waals surface area contributed by atoms with Crippen molar-refractivity contribution >= 4 is 23.8 Å². The fourth-order valence-corrected chi connectivity index (χ4v) is 2.23. The van der Waals surface area contributed by atoms with Gasteiger partial charge in [0.2, 0.25) is 0 Å². The maximum Gasteiger partial charge on any atom is 0.195 e. The number of nitrogens with zero attached hydrogens (tertiary/aromatic N) is 2. The number of hydrogen-bond donors (Lipinski definition) is 1. The molecule has 0 radical (unpaired) electrons. The third kappa shape index (κ3) is 2.28. The number of aryl methyl sites for hydroxylation is 1. The van der Waals surface area contributed by atoms with E-state index in [0.29, 0.717) is 4.77 Å². The van der Waals surface area contributed by atoms with E-state index in [4.69, 9.17) is 23.8 Å². The molecule has 1 aromatic heterocycles. The van der Waals surface area contributed by atoms with Gasteiger partial charge in [0, 0.05) is 16.6 Å². The van der Waals surface area contributed by atoms with Crippen molar-refractivity contribution in [2.45, 2.75) is 26.8 Å². The van der Waals surface area contributed by atoms with E-state index in [1.165, 1.54) is 0 Å². The first-order valence-corrected chi connectivity index (χ1v) is 6.22. The third-order valence-electron chi connectivity index (χ3n) is 2.64. The monoisotopic (exact) mass is 267 g/mol. The van der Waals surface area contributed by atoms with Crippen LogP contribution >= 0.6 is 23.8 Å². The molecule has 0 aliphatic carbocycles. The number of H-pyrrole nitrogens is 1. The first kappa shape index (κ1) is 12.3. The van der Waals surface area contributed by atoms with E-state index in [1.807, 2.05) is 29.7 Å². The van der Waals surface area contributed by atoms with Crippen molar-refractivity contribution in [2.75, 3.05) is 0 Å². The summed E-state index contributed by atoms with van der Waals surface area (Å²) in [5.41, 5.74) is 2.06. The smallest absolute Gasteiger partial charge is 0.195 e. The molecule has 0 aliphatic rings. The van der Waals surface area contributed by atoms with Crippen molar-refractivity contribution in [2.24, 2.45) is 0 Å². The van der Waals surface area contributed by atoms with E-state index in [9.17, 15) is 0 Å². The minimum absolute atomic E-state index is 0.271. The van der Waals surface area contributed by atoms with Gasteiger partial charge in [-0.25, -0.2) is 0 Å². The molecule has 3 nitrogen and oxygen atoms in total. The second-order valence-electron chi connectivity index (χ2n) is 4.28. The van der Waals surface area contributed by atoms with Gasteiger partial charge in [0.1, 0.15) is 0 Å². The standard InChI is InChI=1S/C12H14ClN3S/c1-7(2)16-11(14-15-12(16)17)9-4-5-10(13)8(3)6-9/h4-7H,1-3H3,(H,15,17). The number of aromatic amines is 1. The van der Waals surface area contributed by atoms with Crippen LogP contribution in [0.2, 0.25) is 5.02 Å². The highest BCUT2D eigenvalue weighted by molar-refractivity contribution is 7.71. The zero-order chi connectivity index (χ0) is 12.6. The lowest BCUT2D eigenvalue weighted by atomic mass is 10.1. The second-order valence-corrected chi connectivity index (χ2v) is 5.07. The van der Waals surface area contributed by atoms with Crippen LogP contribution in [0.1, 0.15) is 25.5 Å². The lowest BCUT2D eigenvalue weighted by molar-refractivity contribution is 0.597. The molecular formula is C12H14ClN3S. The zero-order valence-corrected chi connectivity index (χ0v) is 11.6. The van der Waals surface area contributed by atoms with Gasteiger partial charge in [0.15, 0.2) is 10.6 Å². The largest absolute Gasteiger partial charge is 0.298 e. The molecule has 2 rings (SSSR count). The Hall–Kier alpha value is -1.13. The van der Waals surface area contributed by atoms with Crippen LogP contribution < -0.4 is 0 Å². The lowest BCUT2D eigenvalue weighted by Crippen LogP contribution is -2.03. The molecule has 0 unspecified atom stereocenters. The molecule has 0 atom stereocenters. The van der Waals surface area contributed by atoms with Crippen LogP contribution in [0.3, 0.4) is 0 Å². The minimum atomic E-state index is 0.271. The van der Waals surface area contributed by atoms with E-state index in [-0.39, 0.29) is 6.04 Å².